The number of guanidine groups is 1. The second-order valence-corrected chi connectivity index (χ2v) is 8.07. The summed E-state index contributed by atoms with van der Waals surface area (Å²) >= 11 is 0. The second kappa shape index (κ2) is 10.4. The molecule has 29 heavy (non-hydrogen) atoms. The Morgan fingerprint density at radius 2 is 1.97 bits per heavy atom. The summed E-state index contributed by atoms with van der Waals surface area (Å²) in [6.07, 6.45) is 4.82. The Morgan fingerprint density at radius 3 is 2.62 bits per heavy atom. The molecule has 0 aliphatic carbocycles. The van der Waals surface area contributed by atoms with E-state index in [1.807, 2.05) is 12.1 Å². The minimum atomic E-state index is 0.489. The molecule has 6 heteroatoms. The monoisotopic (exact) mass is 397 g/mol. The average molecular weight is 398 g/mol. The van der Waals surface area contributed by atoms with Crippen LogP contribution in [0.2, 0.25) is 0 Å². The molecule has 1 aromatic heterocycles. The van der Waals surface area contributed by atoms with Crippen LogP contribution in [0.4, 0.5) is 0 Å². The van der Waals surface area contributed by atoms with Crippen molar-refractivity contribution in [1.82, 2.24) is 20.5 Å². The number of nitrogens with one attached hydrogen (secondary N) is 2. The largest absolute Gasteiger partial charge is 0.444 e. The van der Waals surface area contributed by atoms with Crippen molar-refractivity contribution in [3.63, 3.8) is 0 Å². The molecule has 0 saturated carbocycles. The lowest BCUT2D eigenvalue weighted by Gasteiger charge is -2.35. The molecule has 1 aliphatic heterocycles. The van der Waals surface area contributed by atoms with E-state index in [0.29, 0.717) is 24.5 Å². The van der Waals surface area contributed by atoms with Crippen LogP contribution in [0.15, 0.2) is 39.9 Å². The van der Waals surface area contributed by atoms with Gasteiger partial charge in [0.05, 0.1) is 5.69 Å². The number of hydrogen-bond donors (Lipinski definition) is 2. The van der Waals surface area contributed by atoms with Gasteiger partial charge in [-0.25, -0.2) is 4.98 Å². The lowest BCUT2D eigenvalue weighted by atomic mass is 10.0. The summed E-state index contributed by atoms with van der Waals surface area (Å²) in [4.78, 5) is 11.9. The third-order valence-electron chi connectivity index (χ3n) is 5.43. The van der Waals surface area contributed by atoms with E-state index in [1.54, 1.807) is 6.26 Å². The molecule has 2 N–H and O–H groups in total. The predicted molar refractivity (Wildman–Crippen MR) is 119 cm³/mol. The molecule has 1 saturated heterocycles. The quantitative estimate of drug-likeness (QED) is 0.552. The summed E-state index contributed by atoms with van der Waals surface area (Å²) in [5, 5.41) is 6.98. The fourth-order valence-electron chi connectivity index (χ4n) is 3.61. The fraction of sp³-hybridized carbons (Fsp3) is 0.565. The van der Waals surface area contributed by atoms with Crippen LogP contribution in [-0.2, 0) is 6.42 Å². The van der Waals surface area contributed by atoms with Gasteiger partial charge in [-0.1, -0.05) is 17.7 Å². The Labute approximate surface area is 174 Å². The Bertz CT molecular complexity index is 773. The van der Waals surface area contributed by atoms with Crippen LogP contribution in [0, 0.1) is 6.92 Å². The van der Waals surface area contributed by atoms with Crippen LogP contribution >= 0.6 is 0 Å². The topological polar surface area (TPSA) is 65.7 Å². The normalized spacial score (nSPS) is 16.4. The number of rotatable bonds is 7. The average Bonchev–Trinajstić information content (AvgIpc) is 3.18. The summed E-state index contributed by atoms with van der Waals surface area (Å²) < 4.78 is 5.65. The van der Waals surface area contributed by atoms with E-state index >= 15 is 0 Å². The number of aryl methyl sites for hydroxylation is 1. The maximum Gasteiger partial charge on any atom is 0.226 e. The van der Waals surface area contributed by atoms with Crippen molar-refractivity contribution in [2.75, 3.05) is 26.2 Å². The van der Waals surface area contributed by atoms with E-state index in [-0.39, 0.29) is 0 Å². The molecule has 0 bridgehead atoms. The predicted octanol–water partition coefficient (Wildman–Crippen LogP) is 3.62. The summed E-state index contributed by atoms with van der Waals surface area (Å²) in [5.74, 6) is 1.57. The highest BCUT2D eigenvalue weighted by Gasteiger charge is 2.21. The van der Waals surface area contributed by atoms with E-state index in [1.165, 1.54) is 5.56 Å². The van der Waals surface area contributed by atoms with Gasteiger partial charge >= 0.3 is 0 Å². The molecule has 0 amide bonds. The molecule has 2 aromatic rings. The van der Waals surface area contributed by atoms with E-state index in [2.05, 4.69) is 60.3 Å². The number of piperidine rings is 1. The standard InChI is InChI=1S/C23H35N5O/c1-5-24-23(27-20-11-14-28(15-12-20)17(2)3)25-13-10-21-16-29-22(26-21)19-8-6-18(4)7-9-19/h6-9,16-17,20H,5,10-15H2,1-4H3,(H2,24,25,27). The number of likely N-dealkylation sites (tertiary alicyclic amines) is 1. The zero-order valence-electron chi connectivity index (χ0n) is 18.2. The maximum absolute atomic E-state index is 5.65. The summed E-state index contributed by atoms with van der Waals surface area (Å²) in [6, 6.07) is 9.35. The molecule has 6 nitrogen and oxygen atoms in total. The Kier molecular flexibility index (Phi) is 7.69. The number of nitrogens with zero attached hydrogens (tertiary/aromatic N) is 3. The molecule has 1 aromatic carbocycles. The van der Waals surface area contributed by atoms with Crippen molar-refractivity contribution in [1.29, 1.82) is 0 Å². The molecular weight excluding hydrogens is 362 g/mol. The molecule has 158 valence electrons. The third kappa shape index (κ3) is 6.32. The number of benzene rings is 1. The smallest absolute Gasteiger partial charge is 0.226 e. The molecule has 3 rings (SSSR count). The van der Waals surface area contributed by atoms with Crippen LogP contribution in [0.5, 0.6) is 0 Å². The summed E-state index contributed by atoms with van der Waals surface area (Å²) in [7, 11) is 0. The highest BCUT2D eigenvalue weighted by molar-refractivity contribution is 5.80. The Hall–Kier alpha value is -2.34. The van der Waals surface area contributed by atoms with E-state index in [0.717, 1.165) is 56.1 Å². The third-order valence-corrected chi connectivity index (χ3v) is 5.43. The van der Waals surface area contributed by atoms with E-state index in [9.17, 15) is 0 Å². The van der Waals surface area contributed by atoms with Gasteiger partial charge in [-0.05, 0) is 52.7 Å². The lowest BCUT2D eigenvalue weighted by molar-refractivity contribution is 0.167. The molecule has 0 spiro atoms. The highest BCUT2D eigenvalue weighted by Crippen LogP contribution is 2.19. The molecule has 1 fully saturated rings. The van der Waals surface area contributed by atoms with Crippen molar-refractivity contribution in [3.05, 3.63) is 41.8 Å². The SMILES string of the molecule is CCNC(=NCCc1coc(-c2ccc(C)cc2)n1)NC1CCN(C(C)C)CC1. The molecule has 1 aliphatic rings. The lowest BCUT2D eigenvalue weighted by Crippen LogP contribution is -2.49. The summed E-state index contributed by atoms with van der Waals surface area (Å²) in [5.41, 5.74) is 3.17. The first-order valence-electron chi connectivity index (χ1n) is 10.9. The van der Waals surface area contributed by atoms with Crippen LogP contribution < -0.4 is 10.6 Å². The van der Waals surface area contributed by atoms with Gasteiger partial charge in [0, 0.05) is 50.2 Å². The zero-order chi connectivity index (χ0) is 20.6. The number of hydrogen-bond acceptors (Lipinski definition) is 4. The molecule has 2 heterocycles. The van der Waals surface area contributed by atoms with Gasteiger partial charge in [-0.15, -0.1) is 0 Å². The van der Waals surface area contributed by atoms with Gasteiger partial charge in [0.2, 0.25) is 5.89 Å². The molecule has 0 atom stereocenters. The van der Waals surface area contributed by atoms with Crippen LogP contribution in [0.3, 0.4) is 0 Å². The van der Waals surface area contributed by atoms with Gasteiger partial charge in [0.25, 0.3) is 0 Å². The minimum absolute atomic E-state index is 0.489. The van der Waals surface area contributed by atoms with Crippen LogP contribution in [0.1, 0.15) is 44.9 Å². The molecular formula is C23H35N5O. The minimum Gasteiger partial charge on any atom is -0.444 e. The van der Waals surface area contributed by atoms with Gasteiger partial charge < -0.3 is 20.0 Å². The molecule has 0 radical (unpaired) electrons. The van der Waals surface area contributed by atoms with Crippen molar-refractivity contribution in [2.24, 2.45) is 4.99 Å². The van der Waals surface area contributed by atoms with Crippen molar-refractivity contribution < 1.29 is 4.42 Å². The first-order chi connectivity index (χ1) is 14.0. The van der Waals surface area contributed by atoms with Crippen molar-refractivity contribution >= 4 is 5.96 Å². The van der Waals surface area contributed by atoms with Gasteiger partial charge in [-0.2, -0.15) is 0 Å². The van der Waals surface area contributed by atoms with E-state index in [4.69, 9.17) is 9.41 Å². The fourth-order valence-corrected chi connectivity index (χ4v) is 3.61. The number of aromatic nitrogens is 1. The first kappa shape index (κ1) is 21.4. The molecule has 0 unspecified atom stereocenters. The second-order valence-electron chi connectivity index (χ2n) is 8.07. The van der Waals surface area contributed by atoms with Gasteiger partial charge in [0.15, 0.2) is 5.96 Å². The van der Waals surface area contributed by atoms with Crippen LogP contribution in [-0.4, -0.2) is 54.1 Å². The van der Waals surface area contributed by atoms with Crippen molar-refractivity contribution in [2.45, 2.75) is 59.0 Å². The number of oxazole rings is 1. The zero-order valence-corrected chi connectivity index (χ0v) is 18.2. The Morgan fingerprint density at radius 1 is 1.24 bits per heavy atom. The van der Waals surface area contributed by atoms with Gasteiger partial charge in [-0.3, -0.25) is 4.99 Å². The highest BCUT2D eigenvalue weighted by atomic mass is 16.3. The van der Waals surface area contributed by atoms with Crippen LogP contribution in [0.25, 0.3) is 11.5 Å². The van der Waals surface area contributed by atoms with E-state index < -0.39 is 0 Å². The van der Waals surface area contributed by atoms with Gasteiger partial charge in [0.1, 0.15) is 6.26 Å². The van der Waals surface area contributed by atoms with Crippen molar-refractivity contribution in [3.8, 4) is 11.5 Å². The first-order valence-corrected chi connectivity index (χ1v) is 10.9. The Balaban J connectivity index is 1.51. The summed E-state index contributed by atoms with van der Waals surface area (Å²) in [6.45, 7) is 12.6. The number of aliphatic imine (C=N–C) groups is 1. The maximum atomic E-state index is 5.65.